The molecule has 30 heavy (non-hydrogen) atoms. The molecule has 1 saturated carbocycles. The van der Waals surface area contributed by atoms with Crippen molar-refractivity contribution in [3.63, 3.8) is 0 Å². The van der Waals surface area contributed by atoms with E-state index in [1.54, 1.807) is 18.2 Å². The average Bonchev–Trinajstić information content (AvgIpc) is 3.40. The summed E-state index contributed by atoms with van der Waals surface area (Å²) >= 11 is 5.28. The lowest BCUT2D eigenvalue weighted by Gasteiger charge is -2.09. The van der Waals surface area contributed by atoms with Crippen LogP contribution >= 0.6 is 12.2 Å². The third-order valence-electron chi connectivity index (χ3n) is 4.99. The number of benzene rings is 1. The summed E-state index contributed by atoms with van der Waals surface area (Å²) in [7, 11) is 0. The number of ether oxygens (including phenoxy) is 1. The molecule has 3 aromatic heterocycles. The Kier molecular flexibility index (Phi) is 4.80. The first kappa shape index (κ1) is 18.6. The number of carbonyl (C=O) groups excluding carboxylic acids is 1. The SMILES string of the molecule is O=C(NCc1n[nH]c(=S)n1C1CC1)c1cccc(OCc2cn3ccccc3n2)c1. The quantitative estimate of drug-likeness (QED) is 0.447. The highest BCUT2D eigenvalue weighted by Gasteiger charge is 2.27. The van der Waals surface area contributed by atoms with E-state index in [-0.39, 0.29) is 5.91 Å². The van der Waals surface area contributed by atoms with Gasteiger partial charge in [-0.2, -0.15) is 5.10 Å². The van der Waals surface area contributed by atoms with Crippen LogP contribution in [0.1, 0.15) is 40.8 Å². The summed E-state index contributed by atoms with van der Waals surface area (Å²) < 4.78 is 10.4. The van der Waals surface area contributed by atoms with Crippen LogP contribution in [0, 0.1) is 4.77 Å². The number of aromatic nitrogens is 5. The van der Waals surface area contributed by atoms with Crippen LogP contribution < -0.4 is 10.1 Å². The van der Waals surface area contributed by atoms with Gasteiger partial charge < -0.3 is 14.5 Å². The number of aromatic amines is 1. The molecule has 9 heteroatoms. The van der Waals surface area contributed by atoms with Gasteiger partial charge in [0.15, 0.2) is 10.6 Å². The van der Waals surface area contributed by atoms with Crippen LogP contribution in [0.5, 0.6) is 5.75 Å². The molecule has 1 aromatic carbocycles. The molecule has 1 amide bonds. The van der Waals surface area contributed by atoms with Gasteiger partial charge in [-0.15, -0.1) is 0 Å². The summed E-state index contributed by atoms with van der Waals surface area (Å²) in [4.78, 5) is 17.1. The van der Waals surface area contributed by atoms with Gasteiger partial charge in [0.25, 0.3) is 5.91 Å². The minimum absolute atomic E-state index is 0.190. The zero-order valence-electron chi connectivity index (χ0n) is 16.1. The average molecular weight is 420 g/mol. The second-order valence-corrected chi connectivity index (χ2v) is 7.63. The third-order valence-corrected chi connectivity index (χ3v) is 5.28. The van der Waals surface area contributed by atoms with Crippen LogP contribution in [-0.2, 0) is 13.2 Å². The molecule has 1 aliphatic carbocycles. The molecular formula is C21H20N6O2S. The molecule has 2 N–H and O–H groups in total. The predicted molar refractivity (Wildman–Crippen MR) is 113 cm³/mol. The van der Waals surface area contributed by atoms with Crippen molar-refractivity contribution in [2.45, 2.75) is 32.0 Å². The number of H-pyrrole nitrogens is 1. The minimum Gasteiger partial charge on any atom is -0.487 e. The Morgan fingerprint density at radius 2 is 2.17 bits per heavy atom. The Bertz CT molecular complexity index is 1240. The number of pyridine rings is 1. The number of hydrogen-bond acceptors (Lipinski definition) is 5. The van der Waals surface area contributed by atoms with Gasteiger partial charge in [-0.3, -0.25) is 14.5 Å². The maximum absolute atomic E-state index is 12.6. The second kappa shape index (κ2) is 7.75. The Hall–Kier alpha value is -3.46. The first-order valence-corrected chi connectivity index (χ1v) is 10.2. The molecule has 0 unspecified atom stereocenters. The lowest BCUT2D eigenvalue weighted by atomic mass is 10.2. The molecule has 0 spiro atoms. The highest BCUT2D eigenvalue weighted by atomic mass is 32.1. The van der Waals surface area contributed by atoms with E-state index in [4.69, 9.17) is 17.0 Å². The normalized spacial score (nSPS) is 13.5. The molecule has 0 aliphatic heterocycles. The van der Waals surface area contributed by atoms with Gasteiger partial charge in [0.1, 0.15) is 18.0 Å². The Morgan fingerprint density at radius 1 is 1.27 bits per heavy atom. The minimum atomic E-state index is -0.190. The first-order chi connectivity index (χ1) is 14.7. The number of fused-ring (bicyclic) bond motifs is 1. The van der Waals surface area contributed by atoms with Gasteiger partial charge in [-0.25, -0.2) is 4.98 Å². The van der Waals surface area contributed by atoms with Crippen LogP contribution in [0.15, 0.2) is 54.9 Å². The highest BCUT2D eigenvalue weighted by Crippen LogP contribution is 2.35. The predicted octanol–water partition coefficient (Wildman–Crippen LogP) is 3.43. The monoisotopic (exact) mass is 420 g/mol. The van der Waals surface area contributed by atoms with Crippen molar-refractivity contribution < 1.29 is 9.53 Å². The largest absolute Gasteiger partial charge is 0.487 e. The second-order valence-electron chi connectivity index (χ2n) is 7.24. The number of imidazole rings is 1. The van der Waals surface area contributed by atoms with E-state index in [9.17, 15) is 4.79 Å². The van der Waals surface area contributed by atoms with Crippen LogP contribution in [0.3, 0.4) is 0 Å². The Labute approximate surface area is 177 Å². The fourth-order valence-corrected chi connectivity index (χ4v) is 3.67. The van der Waals surface area contributed by atoms with Gasteiger partial charge in [0, 0.05) is 24.0 Å². The Balaban J connectivity index is 1.23. The van der Waals surface area contributed by atoms with Gasteiger partial charge in [-0.1, -0.05) is 12.1 Å². The highest BCUT2D eigenvalue weighted by molar-refractivity contribution is 7.71. The van der Waals surface area contributed by atoms with E-state index in [0.29, 0.717) is 35.3 Å². The van der Waals surface area contributed by atoms with E-state index in [1.807, 2.05) is 45.6 Å². The summed E-state index contributed by atoms with van der Waals surface area (Å²) in [6.45, 7) is 0.637. The van der Waals surface area contributed by atoms with Crippen LogP contribution in [0.4, 0.5) is 0 Å². The van der Waals surface area contributed by atoms with Crippen LogP contribution in [-0.4, -0.2) is 30.1 Å². The zero-order chi connectivity index (χ0) is 20.5. The molecular weight excluding hydrogens is 400 g/mol. The van der Waals surface area contributed by atoms with Gasteiger partial charge in [-0.05, 0) is 55.4 Å². The zero-order valence-corrected chi connectivity index (χ0v) is 16.9. The lowest BCUT2D eigenvalue weighted by Crippen LogP contribution is -2.24. The fraction of sp³-hybridized carbons (Fsp3) is 0.238. The van der Waals surface area contributed by atoms with Crippen molar-refractivity contribution in [3.8, 4) is 5.75 Å². The topological polar surface area (TPSA) is 89.2 Å². The number of nitrogens with one attached hydrogen (secondary N) is 2. The van der Waals surface area contributed by atoms with Crippen molar-refractivity contribution >= 4 is 23.8 Å². The molecule has 152 valence electrons. The van der Waals surface area contributed by atoms with E-state index in [1.165, 1.54) is 0 Å². The summed E-state index contributed by atoms with van der Waals surface area (Å²) in [5.41, 5.74) is 2.21. The van der Waals surface area contributed by atoms with Gasteiger partial charge in [0.2, 0.25) is 0 Å². The summed E-state index contributed by atoms with van der Waals surface area (Å²) in [6, 6.07) is 13.3. The van der Waals surface area contributed by atoms with Crippen molar-refractivity contribution in [2.75, 3.05) is 0 Å². The van der Waals surface area contributed by atoms with Crippen molar-refractivity contribution in [3.05, 3.63) is 76.7 Å². The summed E-state index contributed by atoms with van der Waals surface area (Å²) in [5, 5.41) is 9.96. The number of amides is 1. The molecule has 0 atom stereocenters. The van der Waals surface area contributed by atoms with Crippen molar-refractivity contribution in [2.24, 2.45) is 0 Å². The van der Waals surface area contributed by atoms with E-state index < -0.39 is 0 Å². The number of hydrogen-bond donors (Lipinski definition) is 2. The van der Waals surface area contributed by atoms with Crippen LogP contribution in [0.25, 0.3) is 5.65 Å². The molecule has 4 aromatic rings. The number of carbonyl (C=O) groups is 1. The molecule has 0 radical (unpaired) electrons. The lowest BCUT2D eigenvalue weighted by molar-refractivity contribution is 0.0949. The molecule has 8 nitrogen and oxygen atoms in total. The third kappa shape index (κ3) is 3.84. The van der Waals surface area contributed by atoms with Gasteiger partial charge in [0.05, 0.1) is 12.2 Å². The fourth-order valence-electron chi connectivity index (χ4n) is 3.37. The van der Waals surface area contributed by atoms with E-state index >= 15 is 0 Å². The smallest absolute Gasteiger partial charge is 0.251 e. The molecule has 3 heterocycles. The summed E-state index contributed by atoms with van der Waals surface area (Å²) in [5.74, 6) is 1.17. The number of nitrogens with zero attached hydrogens (tertiary/aromatic N) is 4. The summed E-state index contributed by atoms with van der Waals surface area (Å²) in [6.07, 6.45) is 6.07. The first-order valence-electron chi connectivity index (χ1n) is 9.77. The molecule has 1 aliphatic rings. The molecule has 0 bridgehead atoms. The van der Waals surface area contributed by atoms with E-state index in [2.05, 4.69) is 20.5 Å². The van der Waals surface area contributed by atoms with Crippen molar-refractivity contribution in [1.29, 1.82) is 0 Å². The molecule has 5 rings (SSSR count). The van der Waals surface area contributed by atoms with Gasteiger partial charge >= 0.3 is 0 Å². The van der Waals surface area contributed by atoms with Crippen LogP contribution in [0.2, 0.25) is 0 Å². The number of rotatable bonds is 7. The molecule has 1 fully saturated rings. The Morgan fingerprint density at radius 3 is 3.00 bits per heavy atom. The molecule has 0 saturated heterocycles. The maximum atomic E-state index is 12.6. The standard InChI is InChI=1S/C21H20N6O2S/c28-20(22-11-19-24-25-21(30)27(19)16-7-8-16)14-4-3-5-17(10-14)29-13-15-12-26-9-2-1-6-18(26)23-15/h1-6,9-10,12,16H,7-8,11,13H2,(H,22,28)(H,25,30). The maximum Gasteiger partial charge on any atom is 0.251 e. The van der Waals surface area contributed by atoms with E-state index in [0.717, 1.165) is 30.0 Å². The van der Waals surface area contributed by atoms with Crippen molar-refractivity contribution in [1.82, 2.24) is 29.5 Å².